The number of allylic oxidation sites excluding steroid dienone is 3. The zero-order valence-corrected chi connectivity index (χ0v) is 29.8. The Kier molecular flexibility index (Phi) is 9.43. The summed E-state index contributed by atoms with van der Waals surface area (Å²) in [6.07, 6.45) is 17.1. The summed E-state index contributed by atoms with van der Waals surface area (Å²) in [5.41, 5.74) is 5.21. The molecular formula is C41H64N2O. The first-order valence-electron chi connectivity index (χ1n) is 18.0. The molecule has 44 heavy (non-hydrogen) atoms. The van der Waals surface area contributed by atoms with Gasteiger partial charge in [-0.2, -0.15) is 0 Å². The lowest BCUT2D eigenvalue weighted by atomic mass is 9.36. The van der Waals surface area contributed by atoms with Crippen LogP contribution in [0.5, 0.6) is 0 Å². The first-order chi connectivity index (χ1) is 20.7. The third kappa shape index (κ3) is 5.46. The minimum absolute atomic E-state index is 0.107. The van der Waals surface area contributed by atoms with E-state index in [-0.39, 0.29) is 16.9 Å². The average Bonchev–Trinajstić information content (AvgIpc) is 3.39. The number of amides is 1. The van der Waals surface area contributed by atoms with Crippen LogP contribution in [0.3, 0.4) is 0 Å². The second-order valence-electron chi connectivity index (χ2n) is 17.2. The predicted octanol–water partition coefficient (Wildman–Crippen LogP) is 9.71. The molecule has 5 aliphatic rings. The molecule has 3 nitrogen and oxygen atoms in total. The van der Waals surface area contributed by atoms with Crippen molar-refractivity contribution >= 4 is 11.5 Å². The lowest BCUT2D eigenvalue weighted by Crippen LogP contribution is -2.62. The minimum atomic E-state index is -0.107. The fourth-order valence-electron chi connectivity index (χ4n) is 12.4. The standard InChI is InChI=1S/C38H58N2O.C3H6/c1-25-11-13-27(14-12-25)29-17-21-37(6)32(35(29,3)4)19-22-36(5)30-18-23-38(34(41)39-26(2)24-40(7)8)20-9-10-31(38)28(30)15-16-33(36)37;1-3-2/h11-14,17,26,28,30-33H,9-10,15-16,18-24H2,1-8H3,(H,39,41);3H,1H2,2H3/t26-,28?,30?,31?,32?,33?,36?,37?,38?;/m0./s1. The van der Waals surface area contributed by atoms with Crippen LogP contribution in [0.15, 0.2) is 43.0 Å². The first kappa shape index (κ1) is 33.5. The van der Waals surface area contributed by atoms with Gasteiger partial charge in [0.1, 0.15) is 0 Å². The van der Waals surface area contributed by atoms with Gasteiger partial charge in [0.25, 0.3) is 0 Å². The highest BCUT2D eigenvalue weighted by atomic mass is 16.2. The van der Waals surface area contributed by atoms with Crippen molar-refractivity contribution in [3.63, 3.8) is 0 Å². The van der Waals surface area contributed by atoms with Crippen LogP contribution in [-0.4, -0.2) is 37.5 Å². The van der Waals surface area contributed by atoms with Gasteiger partial charge in [0.05, 0.1) is 5.41 Å². The Morgan fingerprint density at radius 1 is 0.955 bits per heavy atom. The van der Waals surface area contributed by atoms with Gasteiger partial charge in [-0.15, -0.1) is 6.58 Å². The molecule has 0 aromatic heterocycles. The Labute approximate surface area is 270 Å². The van der Waals surface area contributed by atoms with Gasteiger partial charge in [-0.05, 0) is 150 Å². The summed E-state index contributed by atoms with van der Waals surface area (Å²) >= 11 is 0. The molecular weight excluding hydrogens is 536 g/mol. The maximum absolute atomic E-state index is 14.0. The van der Waals surface area contributed by atoms with Crippen LogP contribution in [0.2, 0.25) is 0 Å². The fraction of sp³-hybridized carbons (Fsp3) is 0.732. The molecule has 0 saturated heterocycles. The van der Waals surface area contributed by atoms with Gasteiger partial charge in [0, 0.05) is 12.6 Å². The summed E-state index contributed by atoms with van der Waals surface area (Å²) in [7, 11) is 4.21. The summed E-state index contributed by atoms with van der Waals surface area (Å²) in [5.74, 6) is 4.01. The molecule has 0 aliphatic heterocycles. The molecule has 6 rings (SSSR count). The van der Waals surface area contributed by atoms with Crippen molar-refractivity contribution < 1.29 is 4.79 Å². The van der Waals surface area contributed by atoms with Gasteiger partial charge in [-0.3, -0.25) is 4.79 Å². The van der Waals surface area contributed by atoms with Crippen LogP contribution < -0.4 is 5.32 Å². The van der Waals surface area contributed by atoms with Gasteiger partial charge in [0.2, 0.25) is 5.91 Å². The van der Waals surface area contributed by atoms with Crippen molar-refractivity contribution in [2.24, 2.45) is 51.2 Å². The molecule has 3 heteroatoms. The van der Waals surface area contributed by atoms with E-state index in [4.69, 9.17) is 0 Å². The van der Waals surface area contributed by atoms with Crippen molar-refractivity contribution in [3.05, 3.63) is 54.1 Å². The van der Waals surface area contributed by atoms with Crippen LogP contribution in [0.1, 0.15) is 117 Å². The number of rotatable bonds is 5. The molecule has 0 spiro atoms. The van der Waals surface area contributed by atoms with Gasteiger partial charge in [-0.1, -0.05) is 76.1 Å². The van der Waals surface area contributed by atoms with E-state index in [9.17, 15) is 4.79 Å². The summed E-state index contributed by atoms with van der Waals surface area (Å²) in [4.78, 5) is 16.2. The highest BCUT2D eigenvalue weighted by Crippen LogP contribution is 2.73. The van der Waals surface area contributed by atoms with E-state index < -0.39 is 0 Å². The number of benzene rings is 1. The van der Waals surface area contributed by atoms with E-state index in [1.165, 1.54) is 62.5 Å². The smallest absolute Gasteiger partial charge is 0.226 e. The molecule has 8 unspecified atom stereocenters. The van der Waals surface area contributed by atoms with Crippen molar-refractivity contribution in [1.82, 2.24) is 10.2 Å². The van der Waals surface area contributed by atoms with Crippen molar-refractivity contribution in [2.45, 2.75) is 119 Å². The molecule has 1 aromatic carbocycles. The van der Waals surface area contributed by atoms with Gasteiger partial charge in [-0.25, -0.2) is 0 Å². The summed E-state index contributed by atoms with van der Waals surface area (Å²) < 4.78 is 0. The van der Waals surface area contributed by atoms with E-state index in [0.717, 1.165) is 43.1 Å². The Morgan fingerprint density at radius 2 is 1.64 bits per heavy atom. The minimum Gasteiger partial charge on any atom is -0.352 e. The van der Waals surface area contributed by atoms with Crippen molar-refractivity contribution in [3.8, 4) is 0 Å². The Balaban J connectivity index is 0.00000123. The molecule has 0 heterocycles. The molecule has 4 saturated carbocycles. The van der Waals surface area contributed by atoms with E-state index in [1.807, 2.05) is 6.92 Å². The van der Waals surface area contributed by atoms with E-state index in [1.54, 1.807) is 11.6 Å². The van der Waals surface area contributed by atoms with Gasteiger partial charge >= 0.3 is 0 Å². The molecule has 1 aromatic rings. The number of aryl methyl sites for hydroxylation is 1. The number of nitrogens with zero attached hydrogens (tertiary/aromatic N) is 1. The molecule has 0 bridgehead atoms. The first-order valence-corrected chi connectivity index (χ1v) is 18.0. The maximum atomic E-state index is 14.0. The zero-order valence-electron chi connectivity index (χ0n) is 29.8. The molecule has 1 N–H and O–H groups in total. The highest BCUT2D eigenvalue weighted by molar-refractivity contribution is 5.84. The summed E-state index contributed by atoms with van der Waals surface area (Å²) in [6, 6.07) is 9.50. The number of carbonyl (C=O) groups is 1. The van der Waals surface area contributed by atoms with Crippen LogP contribution in [-0.2, 0) is 4.79 Å². The topological polar surface area (TPSA) is 32.3 Å². The molecule has 244 valence electrons. The van der Waals surface area contributed by atoms with Crippen LogP contribution in [0.4, 0.5) is 0 Å². The molecule has 9 atom stereocenters. The third-order valence-corrected chi connectivity index (χ3v) is 13.9. The Hall–Kier alpha value is -1.87. The SMILES string of the molecule is C=CC.Cc1ccc(C2=CCC3(C)C(CCC4(C)C5CCC6(C(=O)N[C@@H](C)CN(C)C)CCCC6C5CCC43)C2(C)C)cc1. The van der Waals surface area contributed by atoms with Crippen molar-refractivity contribution in [1.29, 1.82) is 0 Å². The largest absolute Gasteiger partial charge is 0.352 e. The lowest BCUT2D eigenvalue weighted by molar-refractivity contribution is -0.181. The van der Waals surface area contributed by atoms with Crippen LogP contribution in [0, 0.1) is 58.2 Å². The van der Waals surface area contributed by atoms with Gasteiger partial charge in [0.15, 0.2) is 0 Å². The van der Waals surface area contributed by atoms with Crippen LogP contribution in [0.25, 0.3) is 5.57 Å². The fourth-order valence-corrected chi connectivity index (χ4v) is 12.4. The quantitative estimate of drug-likeness (QED) is 0.341. The highest BCUT2D eigenvalue weighted by Gasteiger charge is 2.66. The van der Waals surface area contributed by atoms with Crippen molar-refractivity contribution in [2.75, 3.05) is 20.6 Å². The zero-order chi connectivity index (χ0) is 32.1. The number of fused-ring (bicyclic) bond motifs is 7. The second kappa shape index (κ2) is 12.4. The van der Waals surface area contributed by atoms with E-state index >= 15 is 0 Å². The number of carbonyl (C=O) groups excluding carboxylic acids is 1. The second-order valence-corrected chi connectivity index (χ2v) is 17.2. The summed E-state index contributed by atoms with van der Waals surface area (Å²) in [6.45, 7) is 21.0. The van der Waals surface area contributed by atoms with Crippen LogP contribution >= 0.6 is 0 Å². The lowest BCUT2D eigenvalue weighted by Gasteiger charge is -2.68. The third-order valence-electron chi connectivity index (χ3n) is 13.9. The normalized spacial score (nSPS) is 39.3. The predicted molar refractivity (Wildman–Crippen MR) is 187 cm³/mol. The average molecular weight is 601 g/mol. The Morgan fingerprint density at radius 3 is 2.30 bits per heavy atom. The number of hydrogen-bond donors (Lipinski definition) is 1. The van der Waals surface area contributed by atoms with E-state index in [0.29, 0.717) is 22.7 Å². The molecule has 4 fully saturated rings. The molecule has 5 aliphatic carbocycles. The van der Waals surface area contributed by atoms with E-state index in [2.05, 4.69) is 103 Å². The Bertz CT molecular complexity index is 1230. The maximum Gasteiger partial charge on any atom is 0.226 e. The number of likely N-dealkylation sites (N-methyl/N-ethyl adjacent to an activating group) is 1. The number of hydrogen-bond acceptors (Lipinski definition) is 2. The molecule has 1 amide bonds. The molecule has 0 radical (unpaired) electrons. The van der Waals surface area contributed by atoms with Gasteiger partial charge < -0.3 is 10.2 Å². The monoisotopic (exact) mass is 601 g/mol. The number of nitrogens with one attached hydrogen (secondary N) is 1. The summed E-state index contributed by atoms with van der Waals surface area (Å²) in [5, 5.41) is 3.49.